The molecule has 2 aromatic carbocycles. The van der Waals surface area contributed by atoms with Gasteiger partial charge >= 0.3 is 0 Å². The standard InChI is InChI=1S/C18H16N2S/c1-12-8-9-15(10-13(12)2)16-11-17(21)20-18(19-16)14-6-4-3-5-7-14/h3-11H,1-2H3,(H,19,20,21). The Labute approximate surface area is 129 Å². The topological polar surface area (TPSA) is 28.7 Å². The first-order valence-corrected chi connectivity index (χ1v) is 7.29. The van der Waals surface area contributed by atoms with Gasteiger partial charge in [0.05, 0.1) is 0 Å². The highest BCUT2D eigenvalue weighted by Gasteiger charge is 2.05. The lowest BCUT2D eigenvalue weighted by Crippen LogP contribution is -1.93. The zero-order valence-corrected chi connectivity index (χ0v) is 12.9. The maximum absolute atomic E-state index is 5.31. The van der Waals surface area contributed by atoms with Crippen molar-refractivity contribution in [1.82, 2.24) is 9.97 Å². The Morgan fingerprint density at radius 1 is 0.857 bits per heavy atom. The van der Waals surface area contributed by atoms with Crippen LogP contribution in [0, 0.1) is 18.5 Å². The molecule has 2 nitrogen and oxygen atoms in total. The van der Waals surface area contributed by atoms with Crippen LogP contribution >= 0.6 is 12.2 Å². The zero-order chi connectivity index (χ0) is 14.8. The van der Waals surface area contributed by atoms with Crippen molar-refractivity contribution < 1.29 is 0 Å². The van der Waals surface area contributed by atoms with Gasteiger partial charge in [0, 0.05) is 11.3 Å². The minimum atomic E-state index is 0.598. The molecule has 21 heavy (non-hydrogen) atoms. The number of nitrogens with one attached hydrogen (secondary N) is 1. The minimum absolute atomic E-state index is 0.598. The van der Waals surface area contributed by atoms with Gasteiger partial charge in [-0.05, 0) is 42.7 Å². The lowest BCUT2D eigenvalue weighted by molar-refractivity contribution is 1.16. The second-order valence-electron chi connectivity index (χ2n) is 5.15. The highest BCUT2D eigenvalue weighted by molar-refractivity contribution is 7.71. The number of hydrogen-bond donors (Lipinski definition) is 1. The number of rotatable bonds is 2. The van der Waals surface area contributed by atoms with Crippen molar-refractivity contribution in [1.29, 1.82) is 0 Å². The van der Waals surface area contributed by atoms with Crippen molar-refractivity contribution in [2.45, 2.75) is 13.8 Å². The lowest BCUT2D eigenvalue weighted by atomic mass is 10.0. The molecular formula is C18H16N2S. The van der Waals surface area contributed by atoms with Crippen LogP contribution in [0.2, 0.25) is 0 Å². The van der Waals surface area contributed by atoms with Gasteiger partial charge in [-0.3, -0.25) is 0 Å². The molecule has 0 aliphatic heterocycles. The molecule has 0 saturated carbocycles. The molecule has 0 atom stereocenters. The normalized spacial score (nSPS) is 10.6. The number of H-pyrrole nitrogens is 1. The summed E-state index contributed by atoms with van der Waals surface area (Å²) in [6, 6.07) is 18.4. The number of benzene rings is 2. The highest BCUT2D eigenvalue weighted by Crippen LogP contribution is 2.23. The van der Waals surface area contributed by atoms with Crippen LogP contribution < -0.4 is 0 Å². The molecule has 0 amide bonds. The van der Waals surface area contributed by atoms with Crippen molar-refractivity contribution in [3.05, 3.63) is 70.4 Å². The van der Waals surface area contributed by atoms with Gasteiger partial charge < -0.3 is 4.98 Å². The minimum Gasteiger partial charge on any atom is -0.339 e. The summed E-state index contributed by atoms with van der Waals surface area (Å²) < 4.78 is 0.598. The number of nitrogens with zero attached hydrogens (tertiary/aromatic N) is 1. The van der Waals surface area contributed by atoms with E-state index in [2.05, 4.69) is 42.0 Å². The third kappa shape index (κ3) is 2.93. The predicted octanol–water partition coefficient (Wildman–Crippen LogP) is 5.09. The smallest absolute Gasteiger partial charge is 0.139 e. The van der Waals surface area contributed by atoms with E-state index in [9.17, 15) is 0 Å². The Bertz CT molecular complexity index is 835. The lowest BCUT2D eigenvalue weighted by Gasteiger charge is -2.08. The third-order valence-electron chi connectivity index (χ3n) is 3.61. The SMILES string of the molecule is Cc1ccc(-c2cc(=S)nc(-c3ccccc3)[nH]2)cc1C. The molecule has 0 aliphatic rings. The van der Waals surface area contributed by atoms with Crippen LogP contribution in [0.1, 0.15) is 11.1 Å². The van der Waals surface area contributed by atoms with Crippen molar-refractivity contribution in [3.8, 4) is 22.6 Å². The van der Waals surface area contributed by atoms with Gasteiger partial charge in [0.15, 0.2) is 0 Å². The van der Waals surface area contributed by atoms with E-state index in [4.69, 9.17) is 12.2 Å². The maximum Gasteiger partial charge on any atom is 0.139 e. The molecule has 0 fully saturated rings. The first-order valence-electron chi connectivity index (χ1n) is 6.88. The van der Waals surface area contributed by atoms with Gasteiger partial charge in [0.25, 0.3) is 0 Å². The highest BCUT2D eigenvalue weighted by atomic mass is 32.1. The molecular weight excluding hydrogens is 276 g/mol. The average molecular weight is 292 g/mol. The maximum atomic E-state index is 5.31. The second-order valence-corrected chi connectivity index (χ2v) is 5.57. The summed E-state index contributed by atoms with van der Waals surface area (Å²) in [5.74, 6) is 0.802. The van der Waals surface area contributed by atoms with E-state index in [1.165, 1.54) is 11.1 Å². The molecule has 0 saturated heterocycles. The summed E-state index contributed by atoms with van der Waals surface area (Å²) in [5.41, 5.74) is 5.72. The number of aromatic nitrogens is 2. The van der Waals surface area contributed by atoms with Crippen molar-refractivity contribution >= 4 is 12.2 Å². The van der Waals surface area contributed by atoms with Crippen LogP contribution in [-0.4, -0.2) is 9.97 Å². The Morgan fingerprint density at radius 2 is 1.62 bits per heavy atom. The van der Waals surface area contributed by atoms with E-state index in [0.717, 1.165) is 22.6 Å². The van der Waals surface area contributed by atoms with Crippen LogP contribution in [-0.2, 0) is 0 Å². The molecule has 0 radical (unpaired) electrons. The fourth-order valence-corrected chi connectivity index (χ4v) is 2.46. The van der Waals surface area contributed by atoms with E-state index in [1.807, 2.05) is 36.4 Å². The van der Waals surface area contributed by atoms with E-state index in [-0.39, 0.29) is 0 Å². The monoisotopic (exact) mass is 292 g/mol. The summed E-state index contributed by atoms with van der Waals surface area (Å²) in [6.07, 6.45) is 0. The molecule has 1 heterocycles. The summed E-state index contributed by atoms with van der Waals surface area (Å²) in [4.78, 5) is 7.82. The Hall–Kier alpha value is -2.26. The molecule has 3 heteroatoms. The largest absolute Gasteiger partial charge is 0.339 e. The molecule has 0 bridgehead atoms. The van der Waals surface area contributed by atoms with Crippen LogP contribution in [0.3, 0.4) is 0 Å². The third-order valence-corrected chi connectivity index (χ3v) is 3.82. The molecule has 0 unspecified atom stereocenters. The Morgan fingerprint density at radius 3 is 2.33 bits per heavy atom. The number of aromatic amines is 1. The quantitative estimate of drug-likeness (QED) is 0.666. The van der Waals surface area contributed by atoms with Crippen molar-refractivity contribution in [3.63, 3.8) is 0 Å². The van der Waals surface area contributed by atoms with Crippen LogP contribution in [0.15, 0.2) is 54.6 Å². The van der Waals surface area contributed by atoms with Gasteiger partial charge in [0.2, 0.25) is 0 Å². The number of hydrogen-bond acceptors (Lipinski definition) is 2. The van der Waals surface area contributed by atoms with Gasteiger partial charge in [0.1, 0.15) is 10.5 Å². The van der Waals surface area contributed by atoms with Crippen LogP contribution in [0.5, 0.6) is 0 Å². The summed E-state index contributed by atoms with van der Waals surface area (Å²) in [7, 11) is 0. The fraction of sp³-hybridized carbons (Fsp3) is 0.111. The van der Waals surface area contributed by atoms with Gasteiger partial charge in [-0.1, -0.05) is 54.7 Å². The predicted molar refractivity (Wildman–Crippen MR) is 89.8 cm³/mol. The first kappa shape index (κ1) is 13.7. The van der Waals surface area contributed by atoms with Crippen molar-refractivity contribution in [2.75, 3.05) is 0 Å². The molecule has 1 N–H and O–H groups in total. The second kappa shape index (κ2) is 5.62. The molecule has 0 spiro atoms. The molecule has 3 rings (SSSR count). The van der Waals surface area contributed by atoms with Gasteiger partial charge in [-0.2, -0.15) is 0 Å². The van der Waals surface area contributed by atoms with Gasteiger partial charge in [-0.15, -0.1) is 0 Å². The molecule has 3 aromatic rings. The molecule has 0 aliphatic carbocycles. The first-order chi connectivity index (χ1) is 10.1. The van der Waals surface area contributed by atoms with Crippen LogP contribution in [0.4, 0.5) is 0 Å². The van der Waals surface area contributed by atoms with E-state index in [1.54, 1.807) is 0 Å². The summed E-state index contributed by atoms with van der Waals surface area (Å²) in [5, 5.41) is 0. The molecule has 104 valence electrons. The summed E-state index contributed by atoms with van der Waals surface area (Å²) in [6.45, 7) is 4.23. The van der Waals surface area contributed by atoms with Gasteiger partial charge in [-0.25, -0.2) is 4.98 Å². The Balaban J connectivity index is 2.14. The average Bonchev–Trinajstić information content (AvgIpc) is 2.50. The number of aryl methyl sites for hydroxylation is 2. The van der Waals surface area contributed by atoms with Crippen molar-refractivity contribution in [2.24, 2.45) is 0 Å². The van der Waals surface area contributed by atoms with Crippen LogP contribution in [0.25, 0.3) is 22.6 Å². The van der Waals surface area contributed by atoms with E-state index < -0.39 is 0 Å². The Kier molecular flexibility index (Phi) is 3.67. The zero-order valence-electron chi connectivity index (χ0n) is 12.1. The van der Waals surface area contributed by atoms with E-state index >= 15 is 0 Å². The summed E-state index contributed by atoms with van der Waals surface area (Å²) >= 11 is 5.31. The fourth-order valence-electron chi connectivity index (χ4n) is 2.25. The van der Waals surface area contributed by atoms with E-state index in [0.29, 0.717) is 4.64 Å². The molecule has 1 aromatic heterocycles.